The molecule has 1 saturated heterocycles. The Hall–Kier alpha value is -3.30. The van der Waals surface area contributed by atoms with Gasteiger partial charge in [-0.2, -0.15) is 0 Å². The molecule has 0 aliphatic carbocycles. The summed E-state index contributed by atoms with van der Waals surface area (Å²) in [7, 11) is 0. The molecule has 1 heterocycles. The van der Waals surface area contributed by atoms with Crippen molar-refractivity contribution in [1.82, 2.24) is 15.1 Å². The standard InChI is InChI=1S/C29H37N3O5S/c1-5-6-17-31-21(4)38-18-32(20(3)28(31)36)29(37)26(34)24(16-15-22-11-8-7-9-12-22)30-27(35)23-13-10-14-25(33)19(23)2/h5-14,20-21,24,26,33-34H,15-18H2,1-4H3,(H,30,35)/b6-5-/t20-,21?,24-,26-/m0/s1. The molecule has 3 rings (SSSR count). The molecule has 3 amide bonds. The summed E-state index contributed by atoms with van der Waals surface area (Å²) in [5.74, 6) is -1.07. The Morgan fingerprint density at radius 1 is 1.16 bits per heavy atom. The number of aliphatic hydroxyl groups is 1. The van der Waals surface area contributed by atoms with E-state index in [9.17, 15) is 24.6 Å². The number of allylic oxidation sites excluding steroid dienone is 1. The van der Waals surface area contributed by atoms with Gasteiger partial charge in [-0.05, 0) is 58.2 Å². The molecule has 2 aromatic carbocycles. The molecule has 8 nitrogen and oxygen atoms in total. The van der Waals surface area contributed by atoms with Crippen molar-refractivity contribution in [3.05, 3.63) is 77.4 Å². The summed E-state index contributed by atoms with van der Waals surface area (Å²) >= 11 is 1.45. The van der Waals surface area contributed by atoms with E-state index >= 15 is 0 Å². The second-order valence-electron chi connectivity index (χ2n) is 9.44. The predicted octanol–water partition coefficient (Wildman–Crippen LogP) is 3.46. The van der Waals surface area contributed by atoms with Crippen LogP contribution in [0.5, 0.6) is 5.75 Å². The molecule has 0 aromatic heterocycles. The zero-order valence-corrected chi connectivity index (χ0v) is 23.1. The number of nitrogens with one attached hydrogen (secondary N) is 1. The van der Waals surface area contributed by atoms with Crippen LogP contribution in [0.2, 0.25) is 0 Å². The molecule has 0 saturated carbocycles. The number of benzene rings is 2. The fourth-order valence-electron chi connectivity index (χ4n) is 4.39. The predicted molar refractivity (Wildman–Crippen MR) is 150 cm³/mol. The maximum atomic E-state index is 13.6. The van der Waals surface area contributed by atoms with E-state index in [0.29, 0.717) is 24.9 Å². The topological polar surface area (TPSA) is 110 Å². The number of rotatable bonds is 9. The molecule has 1 fully saturated rings. The molecule has 204 valence electrons. The third kappa shape index (κ3) is 6.96. The van der Waals surface area contributed by atoms with Crippen molar-refractivity contribution in [2.45, 2.75) is 64.1 Å². The molecular formula is C29H37N3O5S. The van der Waals surface area contributed by atoms with Gasteiger partial charge < -0.3 is 25.3 Å². The zero-order chi connectivity index (χ0) is 27.8. The Morgan fingerprint density at radius 3 is 2.55 bits per heavy atom. The van der Waals surface area contributed by atoms with Gasteiger partial charge in [0.2, 0.25) is 5.91 Å². The normalized spacial score (nSPS) is 19.8. The van der Waals surface area contributed by atoms with E-state index in [2.05, 4.69) is 5.32 Å². The molecule has 0 bridgehead atoms. The highest BCUT2D eigenvalue weighted by atomic mass is 32.2. The fraction of sp³-hybridized carbons (Fsp3) is 0.414. The van der Waals surface area contributed by atoms with E-state index in [4.69, 9.17) is 0 Å². The number of amides is 3. The van der Waals surface area contributed by atoms with Crippen LogP contribution < -0.4 is 5.32 Å². The van der Waals surface area contributed by atoms with Crippen molar-refractivity contribution in [3.63, 3.8) is 0 Å². The minimum absolute atomic E-state index is 0.0133. The molecular weight excluding hydrogens is 502 g/mol. The molecule has 4 atom stereocenters. The molecule has 1 aliphatic rings. The van der Waals surface area contributed by atoms with Gasteiger partial charge in [0.05, 0.1) is 17.3 Å². The number of carbonyl (C=O) groups is 3. The molecule has 1 unspecified atom stereocenters. The van der Waals surface area contributed by atoms with Crippen molar-refractivity contribution in [2.75, 3.05) is 12.4 Å². The molecule has 9 heteroatoms. The zero-order valence-electron chi connectivity index (χ0n) is 22.3. The largest absolute Gasteiger partial charge is 0.508 e. The first kappa shape index (κ1) is 29.3. The third-order valence-corrected chi connectivity index (χ3v) is 8.07. The van der Waals surface area contributed by atoms with Gasteiger partial charge >= 0.3 is 0 Å². The van der Waals surface area contributed by atoms with Gasteiger partial charge in [0, 0.05) is 17.7 Å². The van der Waals surface area contributed by atoms with Crippen LogP contribution >= 0.6 is 11.8 Å². The van der Waals surface area contributed by atoms with Gasteiger partial charge in [0.15, 0.2) is 6.10 Å². The van der Waals surface area contributed by atoms with Crippen molar-refractivity contribution in [3.8, 4) is 5.75 Å². The lowest BCUT2D eigenvalue weighted by molar-refractivity contribution is -0.149. The van der Waals surface area contributed by atoms with Crippen LogP contribution in [-0.4, -0.2) is 73.7 Å². The number of aliphatic hydroxyl groups excluding tert-OH is 1. The lowest BCUT2D eigenvalue weighted by Crippen LogP contribution is -2.55. The first-order valence-corrected chi connectivity index (χ1v) is 13.9. The second-order valence-corrected chi connectivity index (χ2v) is 10.7. The first-order valence-electron chi connectivity index (χ1n) is 12.8. The van der Waals surface area contributed by atoms with E-state index < -0.39 is 30.0 Å². The summed E-state index contributed by atoms with van der Waals surface area (Å²) in [6, 6.07) is 12.6. The monoisotopic (exact) mass is 539 g/mol. The fourth-order valence-corrected chi connectivity index (χ4v) is 5.48. The van der Waals surface area contributed by atoms with Gasteiger partial charge in [-0.25, -0.2) is 0 Å². The second kappa shape index (κ2) is 13.5. The van der Waals surface area contributed by atoms with Crippen LogP contribution in [0, 0.1) is 6.92 Å². The van der Waals surface area contributed by atoms with Crippen molar-refractivity contribution in [1.29, 1.82) is 0 Å². The highest BCUT2D eigenvalue weighted by molar-refractivity contribution is 7.99. The van der Waals surface area contributed by atoms with Crippen molar-refractivity contribution < 1.29 is 24.6 Å². The van der Waals surface area contributed by atoms with E-state index in [1.165, 1.54) is 22.7 Å². The van der Waals surface area contributed by atoms with Crippen molar-refractivity contribution in [2.24, 2.45) is 0 Å². The Balaban J connectivity index is 1.83. The molecule has 1 aliphatic heterocycles. The number of phenols is 1. The SMILES string of the molecule is C/C=C\CN1C(=O)[C@H](C)N(C(=O)[C@@H](O)[C@H](CCc2ccccc2)NC(=O)c2cccc(O)c2C)CSC1C. The number of nitrogens with zero attached hydrogens (tertiary/aromatic N) is 2. The van der Waals surface area contributed by atoms with Crippen LogP contribution in [0.4, 0.5) is 0 Å². The molecule has 0 spiro atoms. The lowest BCUT2D eigenvalue weighted by atomic mass is 9.98. The van der Waals surface area contributed by atoms with Gasteiger partial charge in [-0.15, -0.1) is 11.8 Å². The van der Waals surface area contributed by atoms with Crippen LogP contribution in [0.1, 0.15) is 48.7 Å². The van der Waals surface area contributed by atoms with Gasteiger partial charge in [0.1, 0.15) is 11.8 Å². The number of thioether (sulfide) groups is 1. The molecule has 3 N–H and O–H groups in total. The molecule has 38 heavy (non-hydrogen) atoms. The quantitative estimate of drug-likeness (QED) is 0.421. The summed E-state index contributed by atoms with van der Waals surface area (Å²) in [4.78, 5) is 43.1. The average Bonchev–Trinajstić information content (AvgIpc) is 3.02. The highest BCUT2D eigenvalue weighted by Crippen LogP contribution is 2.26. The summed E-state index contributed by atoms with van der Waals surface area (Å²) in [5.41, 5.74) is 1.67. The number of hydrogen-bond acceptors (Lipinski definition) is 6. The molecule has 0 radical (unpaired) electrons. The maximum Gasteiger partial charge on any atom is 0.254 e. The summed E-state index contributed by atoms with van der Waals surface area (Å²) in [5, 5.41) is 24.0. The number of carbonyl (C=O) groups excluding carboxylic acids is 3. The van der Waals surface area contributed by atoms with Gasteiger partial charge in [0.25, 0.3) is 11.8 Å². The Morgan fingerprint density at radius 2 is 1.87 bits per heavy atom. The third-order valence-electron chi connectivity index (χ3n) is 6.91. The number of aromatic hydroxyl groups is 1. The Labute approximate surface area is 228 Å². The first-order chi connectivity index (χ1) is 18.1. The Kier molecular flexibility index (Phi) is 10.4. The minimum atomic E-state index is -1.56. The number of phenolic OH excluding ortho intramolecular Hbond substituents is 1. The highest BCUT2D eigenvalue weighted by Gasteiger charge is 2.39. The maximum absolute atomic E-state index is 13.6. The van der Waals surface area contributed by atoms with Gasteiger partial charge in [-0.1, -0.05) is 48.6 Å². The van der Waals surface area contributed by atoms with E-state index in [1.54, 1.807) is 30.9 Å². The van der Waals surface area contributed by atoms with Crippen molar-refractivity contribution >= 4 is 29.5 Å². The summed E-state index contributed by atoms with van der Waals surface area (Å²) in [6.07, 6.45) is 3.03. The van der Waals surface area contributed by atoms with Crippen LogP contribution in [-0.2, 0) is 16.0 Å². The smallest absolute Gasteiger partial charge is 0.254 e. The van der Waals surface area contributed by atoms with Crippen LogP contribution in [0.25, 0.3) is 0 Å². The van der Waals surface area contributed by atoms with E-state index in [1.807, 2.05) is 56.3 Å². The van der Waals surface area contributed by atoms with E-state index in [-0.39, 0.29) is 28.5 Å². The average molecular weight is 540 g/mol. The van der Waals surface area contributed by atoms with Crippen LogP contribution in [0.15, 0.2) is 60.7 Å². The Bertz CT molecular complexity index is 1160. The lowest BCUT2D eigenvalue weighted by Gasteiger charge is -2.32. The number of aryl methyl sites for hydroxylation is 1. The summed E-state index contributed by atoms with van der Waals surface area (Å²) < 4.78 is 0. The van der Waals surface area contributed by atoms with E-state index in [0.717, 1.165) is 5.56 Å². The van der Waals surface area contributed by atoms with Gasteiger partial charge in [-0.3, -0.25) is 14.4 Å². The minimum Gasteiger partial charge on any atom is -0.508 e. The summed E-state index contributed by atoms with van der Waals surface area (Å²) in [6.45, 7) is 7.55. The molecule has 2 aromatic rings. The number of hydrogen-bond donors (Lipinski definition) is 3. The van der Waals surface area contributed by atoms with Crippen LogP contribution in [0.3, 0.4) is 0 Å².